The van der Waals surface area contributed by atoms with Crippen LogP contribution in [0.2, 0.25) is 0 Å². The largest absolute Gasteiger partial charge is 0.416 e. The average molecular weight is 458 g/mol. The Morgan fingerprint density at radius 2 is 1.56 bits per heavy atom. The van der Waals surface area contributed by atoms with Crippen molar-refractivity contribution in [2.45, 2.75) is 44.3 Å². The quantitative estimate of drug-likeness (QED) is 0.465. The number of benzene rings is 2. The molecule has 0 radical (unpaired) electrons. The van der Waals surface area contributed by atoms with Gasteiger partial charge in [0.1, 0.15) is 5.54 Å². The number of hydrogen-bond acceptors (Lipinski definition) is 3. The Hall–Kier alpha value is -2.55. The number of ether oxygens (including phenoxy) is 1. The first-order valence-corrected chi connectivity index (χ1v) is 10.1. The lowest BCUT2D eigenvalue weighted by molar-refractivity contribution is -0.143. The summed E-state index contributed by atoms with van der Waals surface area (Å²) in [6.07, 6.45) is -10.1. The maximum atomic E-state index is 13.2. The maximum Gasteiger partial charge on any atom is 0.416 e. The fraction of sp³-hybridized carbons (Fsp3) is 0.435. The molecule has 9 heteroatoms. The number of amidine groups is 1. The van der Waals surface area contributed by atoms with Crippen molar-refractivity contribution >= 4 is 5.84 Å². The Labute approximate surface area is 182 Å². The summed E-state index contributed by atoms with van der Waals surface area (Å²) in [5.41, 5.74) is -2.85. The van der Waals surface area contributed by atoms with Crippen molar-refractivity contribution in [1.82, 2.24) is 4.90 Å². The Morgan fingerprint density at radius 1 is 1.00 bits per heavy atom. The number of halogens is 6. The minimum Gasteiger partial charge on any atom is -0.371 e. The smallest absolute Gasteiger partial charge is 0.371 e. The van der Waals surface area contributed by atoms with E-state index in [1.807, 2.05) is 49.2 Å². The Balaban J connectivity index is 1.92. The summed E-state index contributed by atoms with van der Waals surface area (Å²) in [7, 11) is 1.89. The van der Waals surface area contributed by atoms with Crippen molar-refractivity contribution in [3.05, 3.63) is 70.8 Å². The summed E-state index contributed by atoms with van der Waals surface area (Å²) < 4.78 is 85.1. The normalized spacial score (nSPS) is 20.4. The van der Waals surface area contributed by atoms with Crippen molar-refractivity contribution in [3.8, 4) is 0 Å². The van der Waals surface area contributed by atoms with E-state index in [-0.39, 0.29) is 18.2 Å². The molecule has 174 valence electrons. The van der Waals surface area contributed by atoms with Crippen molar-refractivity contribution < 1.29 is 31.1 Å². The van der Waals surface area contributed by atoms with Crippen LogP contribution >= 0.6 is 0 Å². The highest BCUT2D eigenvalue weighted by molar-refractivity contribution is 5.84. The zero-order valence-corrected chi connectivity index (χ0v) is 17.9. The van der Waals surface area contributed by atoms with E-state index in [2.05, 4.69) is 0 Å². The molecule has 2 atom stereocenters. The van der Waals surface area contributed by atoms with E-state index in [1.54, 1.807) is 0 Å². The number of alkyl halides is 6. The maximum absolute atomic E-state index is 13.2. The lowest BCUT2D eigenvalue weighted by Crippen LogP contribution is -2.36. The minimum atomic E-state index is -4.91. The molecule has 0 saturated heterocycles. The van der Waals surface area contributed by atoms with Crippen molar-refractivity contribution in [1.29, 1.82) is 0 Å². The number of aliphatic imine (C=N–C) groups is 1. The van der Waals surface area contributed by atoms with Crippen LogP contribution in [-0.2, 0) is 22.6 Å². The highest BCUT2D eigenvalue weighted by Crippen LogP contribution is 2.39. The monoisotopic (exact) mass is 458 g/mol. The average Bonchev–Trinajstić information content (AvgIpc) is 3.08. The fourth-order valence-electron chi connectivity index (χ4n) is 3.84. The molecule has 0 aromatic heterocycles. The molecule has 0 bridgehead atoms. The lowest BCUT2D eigenvalue weighted by Gasteiger charge is -2.29. The van der Waals surface area contributed by atoms with Gasteiger partial charge in [-0.25, -0.2) is 0 Å². The van der Waals surface area contributed by atoms with Crippen molar-refractivity contribution in [2.75, 3.05) is 20.2 Å². The zero-order chi connectivity index (χ0) is 23.7. The first-order valence-electron chi connectivity index (χ1n) is 10.1. The van der Waals surface area contributed by atoms with Gasteiger partial charge >= 0.3 is 12.4 Å². The van der Waals surface area contributed by atoms with Gasteiger partial charge in [-0.05, 0) is 36.2 Å². The van der Waals surface area contributed by atoms with Gasteiger partial charge in [-0.1, -0.05) is 37.3 Å². The van der Waals surface area contributed by atoms with Crippen molar-refractivity contribution in [3.63, 3.8) is 0 Å². The first-order chi connectivity index (χ1) is 14.9. The molecule has 0 spiro atoms. The highest BCUT2D eigenvalue weighted by Gasteiger charge is 2.41. The molecular formula is C23H24F6N2O. The van der Waals surface area contributed by atoms with Crippen LogP contribution in [-0.4, -0.2) is 30.9 Å². The molecule has 3 rings (SSSR count). The molecule has 1 heterocycles. The number of rotatable bonds is 6. The van der Waals surface area contributed by atoms with E-state index in [1.165, 1.54) is 6.92 Å². The van der Waals surface area contributed by atoms with Crippen LogP contribution in [0.25, 0.3) is 0 Å². The number of hydrogen-bond donors (Lipinski definition) is 0. The second-order valence-corrected chi connectivity index (χ2v) is 7.93. The van der Waals surface area contributed by atoms with Crippen LogP contribution in [0.5, 0.6) is 0 Å². The van der Waals surface area contributed by atoms with E-state index < -0.39 is 35.1 Å². The van der Waals surface area contributed by atoms with E-state index in [0.717, 1.165) is 11.4 Å². The van der Waals surface area contributed by atoms with Crippen LogP contribution in [0.1, 0.15) is 48.6 Å². The Bertz CT molecular complexity index is 938. The van der Waals surface area contributed by atoms with E-state index in [9.17, 15) is 26.3 Å². The summed E-state index contributed by atoms with van der Waals surface area (Å²) in [5.74, 6) is 0.850. The molecule has 0 amide bonds. The molecule has 3 nitrogen and oxygen atoms in total. The number of likely N-dealkylation sites (N-methyl/N-ethyl adjacent to an activating group) is 1. The summed E-state index contributed by atoms with van der Waals surface area (Å²) in [6.45, 7) is 3.89. The van der Waals surface area contributed by atoms with E-state index in [4.69, 9.17) is 9.73 Å². The van der Waals surface area contributed by atoms with E-state index >= 15 is 0 Å². The van der Waals surface area contributed by atoms with Crippen LogP contribution in [0.3, 0.4) is 0 Å². The third-order valence-electron chi connectivity index (χ3n) is 5.56. The molecule has 0 aliphatic carbocycles. The topological polar surface area (TPSA) is 24.8 Å². The summed E-state index contributed by atoms with van der Waals surface area (Å²) in [6, 6.07) is 10.8. The van der Waals surface area contributed by atoms with Crippen LogP contribution in [0.4, 0.5) is 26.3 Å². The molecule has 2 aromatic rings. The summed E-state index contributed by atoms with van der Waals surface area (Å²) in [5, 5.41) is 0. The van der Waals surface area contributed by atoms with Gasteiger partial charge < -0.3 is 9.64 Å². The first kappa shape index (κ1) is 24.1. The molecule has 1 aliphatic heterocycles. The van der Waals surface area contributed by atoms with Crippen LogP contribution in [0.15, 0.2) is 53.5 Å². The molecule has 32 heavy (non-hydrogen) atoms. The van der Waals surface area contributed by atoms with Gasteiger partial charge in [0, 0.05) is 13.5 Å². The van der Waals surface area contributed by atoms with E-state index in [0.29, 0.717) is 25.1 Å². The Kier molecular flexibility index (Phi) is 6.60. The van der Waals surface area contributed by atoms with Gasteiger partial charge in [-0.2, -0.15) is 26.3 Å². The second-order valence-electron chi connectivity index (χ2n) is 7.93. The zero-order valence-electron chi connectivity index (χ0n) is 17.9. The summed E-state index contributed by atoms with van der Waals surface area (Å²) in [4.78, 5) is 6.81. The minimum absolute atomic E-state index is 0.00359. The SMILES string of the molecule is CCC1=N[C@](CO[C@H](C)c2cc(C(F)(F)F)cc(C(F)(F)F)c2)(c2ccccc2)CN1C. The standard InChI is InChI=1S/C23H24F6N2O/c1-4-20-30-21(13-31(20)3,17-8-6-5-7-9-17)14-32-15(2)16-10-18(22(24,25)26)12-19(11-16)23(27,28)29/h5-12,15H,4,13-14H2,1-3H3/t15-,21-/m1/s1. The van der Waals surface area contributed by atoms with Gasteiger partial charge in [0.15, 0.2) is 0 Å². The Morgan fingerprint density at radius 3 is 2.03 bits per heavy atom. The number of nitrogens with zero attached hydrogens (tertiary/aromatic N) is 2. The lowest BCUT2D eigenvalue weighted by atomic mass is 9.91. The molecule has 0 saturated carbocycles. The molecule has 2 aromatic carbocycles. The van der Waals surface area contributed by atoms with Gasteiger partial charge in [-0.15, -0.1) is 0 Å². The second kappa shape index (κ2) is 8.77. The fourth-order valence-corrected chi connectivity index (χ4v) is 3.84. The molecule has 0 N–H and O–H groups in total. The summed E-state index contributed by atoms with van der Waals surface area (Å²) >= 11 is 0. The van der Waals surface area contributed by atoms with Crippen LogP contribution in [0, 0.1) is 0 Å². The van der Waals surface area contributed by atoms with Gasteiger partial charge in [0.05, 0.1) is 36.2 Å². The predicted octanol–water partition coefficient (Wildman–Crippen LogP) is 6.45. The predicted molar refractivity (Wildman–Crippen MR) is 109 cm³/mol. The van der Waals surface area contributed by atoms with Gasteiger partial charge in [0.25, 0.3) is 0 Å². The third-order valence-corrected chi connectivity index (χ3v) is 5.56. The van der Waals surface area contributed by atoms with Crippen LogP contribution < -0.4 is 0 Å². The molecule has 1 aliphatic rings. The molecule has 0 unspecified atom stereocenters. The highest BCUT2D eigenvalue weighted by atomic mass is 19.4. The van der Waals surface area contributed by atoms with Gasteiger partial charge in [0.2, 0.25) is 0 Å². The van der Waals surface area contributed by atoms with Crippen molar-refractivity contribution in [2.24, 2.45) is 4.99 Å². The third kappa shape index (κ3) is 5.09. The molecule has 0 fully saturated rings. The molecular weight excluding hydrogens is 434 g/mol. The van der Waals surface area contributed by atoms with Gasteiger partial charge in [-0.3, -0.25) is 4.99 Å².